The molecule has 4 aromatic carbocycles. The Morgan fingerprint density at radius 3 is 1.60 bits per heavy atom. The highest BCUT2D eigenvalue weighted by molar-refractivity contribution is 5.81. The van der Waals surface area contributed by atoms with E-state index in [-0.39, 0.29) is 25.4 Å². The molecular formula is C33H34N2O7. The van der Waals surface area contributed by atoms with Crippen LogP contribution in [0.15, 0.2) is 115 Å². The molecule has 5 N–H and O–H groups in total. The van der Waals surface area contributed by atoms with E-state index in [9.17, 15) is 19.5 Å². The highest BCUT2D eigenvalue weighted by Crippen LogP contribution is 2.13. The molecule has 218 valence electrons. The topological polar surface area (TPSA) is 148 Å². The van der Waals surface area contributed by atoms with Crippen LogP contribution >= 0.6 is 0 Å². The second-order valence-electron chi connectivity index (χ2n) is 9.36. The van der Waals surface area contributed by atoms with Crippen LogP contribution in [0.2, 0.25) is 0 Å². The average molecular weight is 571 g/mol. The number of aromatic hydroxyl groups is 1. The summed E-state index contributed by atoms with van der Waals surface area (Å²) in [6.45, 7) is 0.199. The van der Waals surface area contributed by atoms with Crippen molar-refractivity contribution in [2.45, 2.75) is 38.1 Å². The van der Waals surface area contributed by atoms with Gasteiger partial charge in [0.15, 0.2) is 0 Å². The van der Waals surface area contributed by atoms with Crippen molar-refractivity contribution < 1.29 is 34.1 Å². The molecule has 0 aliphatic carbocycles. The molecule has 0 saturated heterocycles. The standard InChI is InChI=1S/C24H23NO5.C9H11NO2/c26-21-13-11-18(12-14-21)15-22(23(27)29-16-19-7-3-1-4-8-19)25-24(28)30-17-20-9-5-2-6-10-20;10-8(9(11)12)6-7-4-2-1-3-5-7/h1-14,22,26H,15-17H2,(H,25,28);1-5,8H,6,10H2,(H,11,12)/t22-;8-/m00/s1. The number of hydrogen-bond donors (Lipinski definition) is 4. The average Bonchev–Trinajstić information content (AvgIpc) is 3.01. The Labute approximate surface area is 244 Å². The van der Waals surface area contributed by atoms with Gasteiger partial charge in [0.25, 0.3) is 0 Å². The first-order chi connectivity index (χ1) is 20.3. The number of esters is 1. The van der Waals surface area contributed by atoms with Crippen molar-refractivity contribution in [2.24, 2.45) is 5.73 Å². The summed E-state index contributed by atoms with van der Waals surface area (Å²) in [5.41, 5.74) is 8.75. The maximum Gasteiger partial charge on any atom is 0.408 e. The number of nitrogens with one attached hydrogen (secondary N) is 1. The van der Waals surface area contributed by atoms with Gasteiger partial charge in [0.05, 0.1) is 0 Å². The van der Waals surface area contributed by atoms with Gasteiger partial charge in [-0.05, 0) is 40.8 Å². The maximum absolute atomic E-state index is 12.7. The largest absolute Gasteiger partial charge is 0.508 e. The molecule has 0 fully saturated rings. The first kappa shape index (κ1) is 31.4. The number of amides is 1. The van der Waals surface area contributed by atoms with Gasteiger partial charge >= 0.3 is 18.0 Å². The van der Waals surface area contributed by atoms with Crippen molar-refractivity contribution >= 4 is 18.0 Å². The summed E-state index contributed by atoms with van der Waals surface area (Å²) in [6, 6.07) is 32.6. The van der Waals surface area contributed by atoms with Crippen LogP contribution in [0.1, 0.15) is 22.3 Å². The van der Waals surface area contributed by atoms with E-state index in [2.05, 4.69) is 5.32 Å². The van der Waals surface area contributed by atoms with Crippen LogP contribution in [0.5, 0.6) is 5.75 Å². The molecule has 2 atom stereocenters. The van der Waals surface area contributed by atoms with Gasteiger partial charge in [-0.3, -0.25) is 4.79 Å². The normalized spacial score (nSPS) is 11.6. The number of phenolic OH excluding ortho intramolecular Hbond substituents is 1. The minimum atomic E-state index is -0.959. The monoisotopic (exact) mass is 570 g/mol. The molecule has 42 heavy (non-hydrogen) atoms. The fraction of sp³-hybridized carbons (Fsp3) is 0.182. The molecule has 9 heteroatoms. The second kappa shape index (κ2) is 16.8. The molecule has 4 aromatic rings. The molecule has 0 saturated carbocycles. The van der Waals surface area contributed by atoms with Crippen molar-refractivity contribution in [1.82, 2.24) is 5.32 Å². The van der Waals surface area contributed by atoms with E-state index in [4.69, 9.17) is 20.3 Å². The summed E-state index contributed by atoms with van der Waals surface area (Å²) < 4.78 is 10.6. The highest BCUT2D eigenvalue weighted by atomic mass is 16.6. The molecule has 0 aromatic heterocycles. The lowest BCUT2D eigenvalue weighted by molar-refractivity contribution is -0.147. The van der Waals surface area contributed by atoms with Crippen LogP contribution < -0.4 is 11.1 Å². The van der Waals surface area contributed by atoms with Crippen LogP contribution in [0.4, 0.5) is 4.79 Å². The molecule has 0 radical (unpaired) electrons. The molecule has 1 amide bonds. The summed E-state index contributed by atoms with van der Waals surface area (Å²) in [7, 11) is 0. The lowest BCUT2D eigenvalue weighted by Crippen LogP contribution is -2.43. The molecule has 0 heterocycles. The first-order valence-corrected chi connectivity index (χ1v) is 13.3. The third-order valence-electron chi connectivity index (χ3n) is 6.01. The molecule has 4 rings (SSSR count). The Hall–Kier alpha value is -5.15. The summed E-state index contributed by atoms with van der Waals surface area (Å²) in [5.74, 6) is -1.40. The molecule has 9 nitrogen and oxygen atoms in total. The van der Waals surface area contributed by atoms with Crippen LogP contribution in [0, 0.1) is 0 Å². The third-order valence-corrected chi connectivity index (χ3v) is 6.01. The van der Waals surface area contributed by atoms with E-state index >= 15 is 0 Å². The number of alkyl carbamates (subject to hydrolysis) is 1. The van der Waals surface area contributed by atoms with E-state index in [0.29, 0.717) is 6.42 Å². The Morgan fingerprint density at radius 1 is 0.643 bits per heavy atom. The molecule has 0 spiro atoms. The number of phenols is 1. The number of nitrogens with two attached hydrogens (primary N) is 1. The number of carbonyl (C=O) groups excluding carboxylic acids is 2. The number of aliphatic carboxylic acids is 1. The van der Waals surface area contributed by atoms with Gasteiger partial charge in [-0.1, -0.05) is 103 Å². The minimum absolute atomic E-state index is 0.0949. The van der Waals surface area contributed by atoms with E-state index in [1.807, 2.05) is 91.0 Å². The molecule has 0 unspecified atom stereocenters. The van der Waals surface area contributed by atoms with Crippen molar-refractivity contribution in [3.05, 3.63) is 138 Å². The van der Waals surface area contributed by atoms with Gasteiger partial charge in [0.2, 0.25) is 0 Å². The zero-order valence-corrected chi connectivity index (χ0v) is 23.0. The lowest BCUT2D eigenvalue weighted by atomic mass is 10.1. The summed E-state index contributed by atoms with van der Waals surface area (Å²) in [4.78, 5) is 35.3. The Morgan fingerprint density at radius 2 is 1.10 bits per heavy atom. The fourth-order valence-corrected chi connectivity index (χ4v) is 3.75. The van der Waals surface area contributed by atoms with E-state index in [1.54, 1.807) is 12.1 Å². The maximum atomic E-state index is 12.7. The van der Waals surface area contributed by atoms with Crippen LogP contribution in [0.3, 0.4) is 0 Å². The van der Waals surface area contributed by atoms with Gasteiger partial charge in [0.1, 0.15) is 31.0 Å². The van der Waals surface area contributed by atoms with Gasteiger partial charge in [-0.15, -0.1) is 0 Å². The quantitative estimate of drug-likeness (QED) is 0.191. The zero-order valence-electron chi connectivity index (χ0n) is 23.0. The van der Waals surface area contributed by atoms with E-state index < -0.39 is 30.1 Å². The summed E-state index contributed by atoms with van der Waals surface area (Å²) in [5, 5.41) is 20.6. The van der Waals surface area contributed by atoms with Crippen LogP contribution in [0.25, 0.3) is 0 Å². The SMILES string of the molecule is N[C@@H](Cc1ccccc1)C(=O)O.O=C(N[C@@H](Cc1ccc(O)cc1)C(=O)OCc1ccccc1)OCc1ccccc1. The Balaban J connectivity index is 0.000000337. The third kappa shape index (κ3) is 11.5. The zero-order chi connectivity index (χ0) is 30.2. The summed E-state index contributed by atoms with van der Waals surface area (Å²) >= 11 is 0. The first-order valence-electron chi connectivity index (χ1n) is 13.3. The number of rotatable bonds is 11. The lowest BCUT2D eigenvalue weighted by Gasteiger charge is -2.18. The Kier molecular flexibility index (Phi) is 12.6. The van der Waals surface area contributed by atoms with Gasteiger partial charge in [0, 0.05) is 6.42 Å². The number of carboxylic acid groups (broad SMARTS) is 1. The predicted molar refractivity (Wildman–Crippen MR) is 157 cm³/mol. The number of carboxylic acids is 1. The molecule has 0 aliphatic heterocycles. The van der Waals surface area contributed by atoms with Crippen molar-refractivity contribution in [3.63, 3.8) is 0 Å². The number of benzene rings is 4. The number of carbonyl (C=O) groups is 3. The smallest absolute Gasteiger partial charge is 0.408 e. The minimum Gasteiger partial charge on any atom is -0.508 e. The fourth-order valence-electron chi connectivity index (χ4n) is 3.75. The molecular weight excluding hydrogens is 536 g/mol. The van der Waals surface area contributed by atoms with Crippen molar-refractivity contribution in [1.29, 1.82) is 0 Å². The van der Waals surface area contributed by atoms with Crippen molar-refractivity contribution in [3.8, 4) is 5.75 Å². The summed E-state index contributed by atoms with van der Waals surface area (Å²) in [6.07, 6.45) is -0.121. The van der Waals surface area contributed by atoms with Crippen LogP contribution in [-0.4, -0.2) is 40.3 Å². The van der Waals surface area contributed by atoms with Gasteiger partial charge in [-0.25, -0.2) is 9.59 Å². The van der Waals surface area contributed by atoms with Crippen LogP contribution in [-0.2, 0) is 45.1 Å². The Bertz CT molecular complexity index is 1380. The van der Waals surface area contributed by atoms with Crippen molar-refractivity contribution in [2.75, 3.05) is 0 Å². The van der Waals surface area contributed by atoms with E-state index in [0.717, 1.165) is 22.3 Å². The molecule has 0 aliphatic rings. The second-order valence-corrected chi connectivity index (χ2v) is 9.36. The van der Waals surface area contributed by atoms with Gasteiger partial charge < -0.3 is 30.7 Å². The highest BCUT2D eigenvalue weighted by Gasteiger charge is 2.24. The predicted octanol–water partition coefficient (Wildman–Crippen LogP) is 4.61. The van der Waals surface area contributed by atoms with E-state index in [1.165, 1.54) is 12.1 Å². The number of ether oxygens (including phenoxy) is 2. The molecule has 0 bridgehead atoms. The van der Waals surface area contributed by atoms with Gasteiger partial charge in [-0.2, -0.15) is 0 Å². The number of hydrogen-bond acceptors (Lipinski definition) is 7.